The van der Waals surface area contributed by atoms with Gasteiger partial charge in [0.15, 0.2) is 6.61 Å². The minimum atomic E-state index is -1.07. The number of amides is 1. The molecule has 3 rings (SSSR count). The van der Waals surface area contributed by atoms with Crippen LogP contribution in [-0.4, -0.2) is 48.8 Å². The van der Waals surface area contributed by atoms with Gasteiger partial charge in [-0.1, -0.05) is 0 Å². The van der Waals surface area contributed by atoms with Crippen LogP contribution in [0.25, 0.3) is 11.3 Å². The van der Waals surface area contributed by atoms with Gasteiger partial charge in [0.25, 0.3) is 5.91 Å². The maximum atomic E-state index is 12.0. The minimum absolute atomic E-state index is 0.155. The van der Waals surface area contributed by atoms with Crippen molar-refractivity contribution >= 4 is 28.9 Å². The zero-order valence-electron chi connectivity index (χ0n) is 13.0. The summed E-state index contributed by atoms with van der Waals surface area (Å²) in [5.74, 6) is -0.951. The lowest BCUT2D eigenvalue weighted by Gasteiger charge is -2.28. The Morgan fingerprint density at radius 3 is 3.08 bits per heavy atom. The zero-order valence-corrected chi connectivity index (χ0v) is 13.8. The maximum Gasteiger partial charge on any atom is 0.323 e. The molecule has 1 N–H and O–H groups in total. The van der Waals surface area contributed by atoms with Crippen LogP contribution in [0.15, 0.2) is 23.6 Å². The van der Waals surface area contributed by atoms with Gasteiger partial charge >= 0.3 is 5.97 Å². The highest BCUT2D eigenvalue weighted by Gasteiger charge is 2.27. The summed E-state index contributed by atoms with van der Waals surface area (Å²) < 4.78 is 10.4. The first-order valence-electron chi connectivity index (χ1n) is 7.31. The average Bonchev–Trinajstić information content (AvgIpc) is 3.04. The van der Waals surface area contributed by atoms with E-state index in [2.05, 4.69) is 4.98 Å². The second-order valence-corrected chi connectivity index (χ2v) is 6.16. The van der Waals surface area contributed by atoms with Crippen LogP contribution < -0.4 is 9.64 Å². The fourth-order valence-corrected chi connectivity index (χ4v) is 3.21. The van der Waals surface area contributed by atoms with Gasteiger partial charge in [0, 0.05) is 24.5 Å². The number of thiazole rings is 1. The molecule has 24 heavy (non-hydrogen) atoms. The standard InChI is InChI=1S/C16H16N2O5S/c1-22-5-4-14-17-11(9-24-14)10-2-3-13-12(6-10)18(7-16(20)21)15(19)8-23-13/h2-3,6,9H,4-5,7-8H2,1H3,(H,20,21). The maximum absolute atomic E-state index is 12.0. The molecular weight excluding hydrogens is 332 g/mol. The van der Waals surface area contributed by atoms with Crippen molar-refractivity contribution in [2.75, 3.05) is 31.8 Å². The number of hydrogen-bond donors (Lipinski definition) is 1. The Hall–Kier alpha value is -2.45. The van der Waals surface area contributed by atoms with E-state index in [9.17, 15) is 9.59 Å². The lowest BCUT2D eigenvalue weighted by atomic mass is 10.1. The third kappa shape index (κ3) is 3.39. The highest BCUT2D eigenvalue weighted by molar-refractivity contribution is 7.09. The Bertz CT molecular complexity index is 774. The molecule has 1 aliphatic heterocycles. The Kier molecular flexibility index (Phi) is 4.77. The summed E-state index contributed by atoms with van der Waals surface area (Å²) in [6.07, 6.45) is 0.735. The van der Waals surface area contributed by atoms with E-state index in [0.29, 0.717) is 18.0 Å². The molecule has 7 nitrogen and oxygen atoms in total. The summed E-state index contributed by atoms with van der Waals surface area (Å²) in [6.45, 7) is 0.0537. The number of anilines is 1. The zero-order chi connectivity index (χ0) is 17.1. The monoisotopic (exact) mass is 348 g/mol. The highest BCUT2D eigenvalue weighted by Crippen LogP contribution is 2.36. The van der Waals surface area contributed by atoms with Gasteiger partial charge in [-0.15, -0.1) is 11.3 Å². The smallest absolute Gasteiger partial charge is 0.323 e. The van der Waals surface area contributed by atoms with Gasteiger partial charge in [0.2, 0.25) is 0 Å². The Morgan fingerprint density at radius 1 is 1.50 bits per heavy atom. The number of fused-ring (bicyclic) bond motifs is 1. The molecule has 2 aromatic rings. The molecule has 1 aromatic heterocycles. The number of aromatic nitrogens is 1. The molecular formula is C16H16N2O5S. The second-order valence-electron chi connectivity index (χ2n) is 5.21. The highest BCUT2D eigenvalue weighted by atomic mass is 32.1. The molecule has 0 aliphatic carbocycles. The van der Waals surface area contributed by atoms with Gasteiger partial charge in [-0.25, -0.2) is 4.98 Å². The molecule has 0 radical (unpaired) electrons. The number of carbonyl (C=O) groups is 2. The van der Waals surface area contributed by atoms with E-state index < -0.39 is 12.5 Å². The Labute approximate surface area is 142 Å². The number of methoxy groups -OCH3 is 1. The first kappa shape index (κ1) is 16.4. The molecule has 0 atom stereocenters. The van der Waals surface area contributed by atoms with Crippen LogP contribution in [0, 0.1) is 0 Å². The van der Waals surface area contributed by atoms with Crippen LogP contribution >= 0.6 is 11.3 Å². The lowest BCUT2D eigenvalue weighted by molar-refractivity contribution is -0.137. The van der Waals surface area contributed by atoms with Gasteiger partial charge in [-0.3, -0.25) is 14.5 Å². The number of rotatable bonds is 6. The van der Waals surface area contributed by atoms with Gasteiger partial charge in [-0.05, 0) is 18.2 Å². The van der Waals surface area contributed by atoms with Crippen LogP contribution in [0.1, 0.15) is 5.01 Å². The Morgan fingerprint density at radius 2 is 2.33 bits per heavy atom. The summed E-state index contributed by atoms with van der Waals surface area (Å²) in [7, 11) is 1.64. The van der Waals surface area contributed by atoms with Crippen molar-refractivity contribution < 1.29 is 24.2 Å². The van der Waals surface area contributed by atoms with Crippen molar-refractivity contribution in [2.24, 2.45) is 0 Å². The first-order valence-corrected chi connectivity index (χ1v) is 8.19. The van der Waals surface area contributed by atoms with Crippen molar-refractivity contribution in [3.8, 4) is 17.0 Å². The molecule has 2 heterocycles. The number of aliphatic carboxylic acids is 1. The molecule has 0 spiro atoms. The quantitative estimate of drug-likeness (QED) is 0.856. The van der Waals surface area contributed by atoms with Crippen molar-refractivity contribution in [2.45, 2.75) is 6.42 Å². The van der Waals surface area contributed by atoms with E-state index in [1.807, 2.05) is 11.4 Å². The predicted octanol–water partition coefficient (Wildman–Crippen LogP) is 1.81. The number of hydrogen-bond acceptors (Lipinski definition) is 6. The van der Waals surface area contributed by atoms with E-state index in [0.717, 1.165) is 22.7 Å². The van der Waals surface area contributed by atoms with Crippen molar-refractivity contribution in [1.82, 2.24) is 4.98 Å². The van der Waals surface area contributed by atoms with E-state index in [-0.39, 0.29) is 12.5 Å². The third-order valence-corrected chi connectivity index (χ3v) is 4.47. The normalized spacial score (nSPS) is 13.5. The molecule has 0 bridgehead atoms. The van der Waals surface area contributed by atoms with E-state index >= 15 is 0 Å². The van der Waals surface area contributed by atoms with Crippen LogP contribution in [0.5, 0.6) is 5.75 Å². The fraction of sp³-hybridized carbons (Fsp3) is 0.312. The number of benzene rings is 1. The van der Waals surface area contributed by atoms with Gasteiger partial charge in [-0.2, -0.15) is 0 Å². The Balaban J connectivity index is 1.91. The molecule has 1 amide bonds. The van der Waals surface area contributed by atoms with Gasteiger partial charge in [0.05, 0.1) is 23.0 Å². The first-order chi connectivity index (χ1) is 11.6. The topological polar surface area (TPSA) is 89.0 Å². The van der Waals surface area contributed by atoms with E-state index in [1.54, 1.807) is 19.2 Å². The molecule has 126 valence electrons. The number of ether oxygens (including phenoxy) is 2. The molecule has 8 heteroatoms. The summed E-state index contributed by atoms with van der Waals surface area (Å²) in [4.78, 5) is 28.8. The van der Waals surface area contributed by atoms with Crippen LogP contribution in [0.2, 0.25) is 0 Å². The molecule has 0 unspecified atom stereocenters. The minimum Gasteiger partial charge on any atom is -0.482 e. The number of carbonyl (C=O) groups excluding carboxylic acids is 1. The van der Waals surface area contributed by atoms with E-state index in [4.69, 9.17) is 14.6 Å². The molecule has 1 aromatic carbocycles. The third-order valence-electron chi connectivity index (χ3n) is 3.56. The van der Waals surface area contributed by atoms with E-state index in [1.165, 1.54) is 16.2 Å². The van der Waals surface area contributed by atoms with Crippen molar-refractivity contribution in [3.05, 3.63) is 28.6 Å². The lowest BCUT2D eigenvalue weighted by Crippen LogP contribution is -2.41. The van der Waals surface area contributed by atoms with Crippen molar-refractivity contribution in [3.63, 3.8) is 0 Å². The van der Waals surface area contributed by atoms with Gasteiger partial charge < -0.3 is 14.6 Å². The average molecular weight is 348 g/mol. The fourth-order valence-electron chi connectivity index (χ4n) is 2.42. The molecule has 0 saturated carbocycles. The summed E-state index contributed by atoms with van der Waals surface area (Å²) in [5.41, 5.74) is 2.04. The largest absolute Gasteiger partial charge is 0.482 e. The second kappa shape index (κ2) is 6.98. The van der Waals surface area contributed by atoms with Gasteiger partial charge in [0.1, 0.15) is 12.3 Å². The van der Waals surface area contributed by atoms with Crippen LogP contribution in [0.4, 0.5) is 5.69 Å². The molecule has 1 aliphatic rings. The number of nitrogens with zero attached hydrogens (tertiary/aromatic N) is 2. The summed E-state index contributed by atoms with van der Waals surface area (Å²) >= 11 is 1.54. The summed E-state index contributed by atoms with van der Waals surface area (Å²) in [5, 5.41) is 11.9. The van der Waals surface area contributed by atoms with Crippen LogP contribution in [0.3, 0.4) is 0 Å². The van der Waals surface area contributed by atoms with Crippen molar-refractivity contribution in [1.29, 1.82) is 0 Å². The van der Waals surface area contributed by atoms with Crippen LogP contribution in [-0.2, 0) is 20.7 Å². The SMILES string of the molecule is COCCc1nc(-c2ccc3c(c2)N(CC(=O)O)C(=O)CO3)cs1. The predicted molar refractivity (Wildman–Crippen MR) is 88.6 cm³/mol. The molecule has 0 saturated heterocycles. The number of carboxylic acids is 1. The number of carboxylic acid groups (broad SMARTS) is 1. The molecule has 0 fully saturated rings. The summed E-state index contributed by atoms with van der Waals surface area (Å²) in [6, 6.07) is 5.33.